The van der Waals surface area contributed by atoms with Crippen molar-refractivity contribution in [2.75, 3.05) is 6.61 Å². The van der Waals surface area contributed by atoms with Crippen molar-refractivity contribution in [3.8, 4) is 5.75 Å². The quantitative estimate of drug-likeness (QED) is 0.849. The van der Waals surface area contributed by atoms with E-state index in [1.54, 1.807) is 12.1 Å². The van der Waals surface area contributed by atoms with E-state index in [1.165, 1.54) is 11.4 Å². The maximum atomic E-state index is 11.8. The monoisotopic (exact) mass is 331 g/mol. The third-order valence-electron chi connectivity index (χ3n) is 2.21. The number of halogens is 2. The second-order valence-electron chi connectivity index (χ2n) is 3.63. The molecule has 0 aliphatic heterocycles. The molecule has 2 aromatic rings. The summed E-state index contributed by atoms with van der Waals surface area (Å²) in [5, 5.41) is 10.8. The molecule has 0 amide bonds. The Morgan fingerprint density at radius 1 is 1.35 bits per heavy atom. The van der Waals surface area contributed by atoms with Crippen molar-refractivity contribution < 1.29 is 19.4 Å². The zero-order valence-corrected chi connectivity index (χ0v) is 12.1. The summed E-state index contributed by atoms with van der Waals surface area (Å²) in [4.78, 5) is 26.2. The number of ether oxygens (including phenoxy) is 1. The lowest BCUT2D eigenvalue weighted by Crippen LogP contribution is -2.12. The maximum absolute atomic E-state index is 11.8. The number of rotatable bonds is 5. The number of carbonyl (C=O) groups is 2. The smallest absolute Gasteiger partial charge is 0.355 e. The summed E-state index contributed by atoms with van der Waals surface area (Å²) in [6, 6.07) is 4.63. The number of benzene rings is 1. The molecule has 0 aliphatic rings. The number of hydrogen-bond donors (Lipinski definition) is 1. The Labute approximate surface area is 127 Å². The predicted molar refractivity (Wildman–Crippen MR) is 75.4 cm³/mol. The van der Waals surface area contributed by atoms with Crippen molar-refractivity contribution in [1.29, 1.82) is 0 Å². The molecule has 0 spiro atoms. The van der Waals surface area contributed by atoms with Crippen LogP contribution < -0.4 is 4.74 Å². The minimum Gasteiger partial charge on any atom is -0.484 e. The van der Waals surface area contributed by atoms with Gasteiger partial charge in [0, 0.05) is 16.5 Å². The van der Waals surface area contributed by atoms with E-state index in [4.69, 9.17) is 33.0 Å². The van der Waals surface area contributed by atoms with E-state index in [1.807, 2.05) is 0 Å². The van der Waals surface area contributed by atoms with Crippen LogP contribution >= 0.6 is 34.5 Å². The van der Waals surface area contributed by atoms with E-state index in [-0.39, 0.29) is 23.1 Å². The zero-order chi connectivity index (χ0) is 14.7. The van der Waals surface area contributed by atoms with Gasteiger partial charge in [-0.1, -0.05) is 23.2 Å². The van der Waals surface area contributed by atoms with Gasteiger partial charge < -0.3 is 9.84 Å². The summed E-state index contributed by atoms with van der Waals surface area (Å²) in [6.45, 7) is -0.299. The van der Waals surface area contributed by atoms with Crippen LogP contribution in [-0.4, -0.2) is 28.4 Å². The van der Waals surface area contributed by atoms with Crippen LogP contribution in [-0.2, 0) is 0 Å². The number of Topliss-reactive ketones (excluding diaryl/α,β-unsaturated/α-hetero) is 1. The minimum absolute atomic E-state index is 0.0700. The summed E-state index contributed by atoms with van der Waals surface area (Å²) in [6.07, 6.45) is 0. The van der Waals surface area contributed by atoms with Crippen LogP contribution in [0.1, 0.15) is 20.3 Å². The van der Waals surface area contributed by atoms with Crippen molar-refractivity contribution in [1.82, 2.24) is 4.98 Å². The molecule has 0 unspecified atom stereocenters. The topological polar surface area (TPSA) is 76.5 Å². The number of ketones is 1. The molecular weight excluding hydrogens is 325 g/mol. The molecule has 0 aliphatic carbocycles. The molecule has 104 valence electrons. The molecule has 0 fully saturated rings. The number of aromatic nitrogens is 1. The largest absolute Gasteiger partial charge is 0.484 e. The lowest BCUT2D eigenvalue weighted by atomic mass is 10.3. The molecule has 5 nitrogen and oxygen atoms in total. The van der Waals surface area contributed by atoms with Gasteiger partial charge in [-0.05, 0) is 12.1 Å². The first-order valence-electron chi connectivity index (χ1n) is 5.27. The summed E-state index contributed by atoms with van der Waals surface area (Å²) >= 11 is 12.6. The molecule has 1 N–H and O–H groups in total. The Kier molecular flexibility index (Phi) is 4.59. The fourth-order valence-electron chi connectivity index (χ4n) is 1.29. The highest BCUT2D eigenvalue weighted by Crippen LogP contribution is 2.27. The molecule has 2 rings (SSSR count). The van der Waals surface area contributed by atoms with Gasteiger partial charge in [0.1, 0.15) is 5.75 Å². The first-order chi connectivity index (χ1) is 9.47. The third-order valence-corrected chi connectivity index (χ3v) is 3.64. The van der Waals surface area contributed by atoms with E-state index >= 15 is 0 Å². The normalized spacial score (nSPS) is 10.3. The maximum Gasteiger partial charge on any atom is 0.355 e. The first kappa shape index (κ1) is 14.8. The molecule has 1 heterocycles. The second kappa shape index (κ2) is 6.21. The number of carbonyl (C=O) groups excluding carboxylic acids is 1. The van der Waals surface area contributed by atoms with E-state index in [0.717, 1.165) is 11.3 Å². The van der Waals surface area contributed by atoms with E-state index in [9.17, 15) is 9.59 Å². The molecule has 0 radical (unpaired) electrons. The van der Waals surface area contributed by atoms with Crippen LogP contribution in [0.3, 0.4) is 0 Å². The van der Waals surface area contributed by atoms with E-state index in [2.05, 4.69) is 4.98 Å². The fraction of sp³-hybridized carbons (Fsp3) is 0.0833. The molecule has 1 aromatic carbocycles. The standard InChI is InChI=1S/C12H7Cl2NO4S/c13-6-1-2-7(14)10(3-6)19-4-9(16)11-15-8(5-20-11)12(17)18/h1-3,5H,4H2,(H,17,18). The van der Waals surface area contributed by atoms with Crippen LogP contribution in [0.5, 0.6) is 5.75 Å². The lowest BCUT2D eigenvalue weighted by molar-refractivity contribution is 0.0691. The van der Waals surface area contributed by atoms with Crippen LogP contribution in [0.4, 0.5) is 0 Å². The van der Waals surface area contributed by atoms with Gasteiger partial charge in [0.15, 0.2) is 17.3 Å². The number of carboxylic acid groups (broad SMARTS) is 1. The Morgan fingerprint density at radius 2 is 2.10 bits per heavy atom. The molecule has 0 saturated carbocycles. The van der Waals surface area contributed by atoms with Crippen LogP contribution in [0.2, 0.25) is 10.0 Å². The molecule has 8 heteroatoms. The first-order valence-corrected chi connectivity index (χ1v) is 6.91. The molecule has 0 saturated heterocycles. The number of hydrogen-bond acceptors (Lipinski definition) is 5. The Balaban J connectivity index is 2.04. The summed E-state index contributed by atoms with van der Waals surface area (Å²) < 4.78 is 5.26. The van der Waals surface area contributed by atoms with Crippen LogP contribution in [0, 0.1) is 0 Å². The zero-order valence-electron chi connectivity index (χ0n) is 9.80. The van der Waals surface area contributed by atoms with Gasteiger partial charge in [0.2, 0.25) is 5.78 Å². The van der Waals surface area contributed by atoms with Gasteiger partial charge in [-0.2, -0.15) is 0 Å². The number of nitrogens with zero attached hydrogens (tertiary/aromatic N) is 1. The molecular formula is C12H7Cl2NO4S. The summed E-state index contributed by atoms with van der Waals surface area (Å²) in [5.74, 6) is -1.33. The average Bonchev–Trinajstić information content (AvgIpc) is 2.89. The highest BCUT2D eigenvalue weighted by Gasteiger charge is 2.16. The second-order valence-corrected chi connectivity index (χ2v) is 5.33. The Hall–Kier alpha value is -1.63. The van der Waals surface area contributed by atoms with Crippen molar-refractivity contribution in [3.63, 3.8) is 0 Å². The molecule has 20 heavy (non-hydrogen) atoms. The van der Waals surface area contributed by atoms with Crippen molar-refractivity contribution in [2.24, 2.45) is 0 Å². The van der Waals surface area contributed by atoms with Gasteiger partial charge in [-0.3, -0.25) is 4.79 Å². The van der Waals surface area contributed by atoms with Gasteiger partial charge in [-0.25, -0.2) is 9.78 Å². The SMILES string of the molecule is O=C(O)c1csc(C(=O)COc2cc(Cl)ccc2Cl)n1. The van der Waals surface area contributed by atoms with Gasteiger partial charge in [0.25, 0.3) is 0 Å². The van der Waals surface area contributed by atoms with Crippen molar-refractivity contribution in [2.45, 2.75) is 0 Å². The fourth-order valence-corrected chi connectivity index (χ4v) is 2.35. The third kappa shape index (κ3) is 3.47. The average molecular weight is 332 g/mol. The Bertz CT molecular complexity index is 671. The van der Waals surface area contributed by atoms with Gasteiger partial charge in [0.05, 0.1) is 5.02 Å². The molecule has 1 aromatic heterocycles. The summed E-state index contributed by atoms with van der Waals surface area (Å²) in [5.41, 5.74) is -0.167. The molecule has 0 bridgehead atoms. The highest BCUT2D eigenvalue weighted by molar-refractivity contribution is 7.12. The Morgan fingerprint density at radius 3 is 2.75 bits per heavy atom. The lowest BCUT2D eigenvalue weighted by Gasteiger charge is -2.06. The van der Waals surface area contributed by atoms with E-state index in [0.29, 0.717) is 10.0 Å². The van der Waals surface area contributed by atoms with Crippen molar-refractivity contribution >= 4 is 46.3 Å². The summed E-state index contributed by atoms with van der Waals surface area (Å²) in [7, 11) is 0. The number of aromatic carboxylic acids is 1. The number of carboxylic acids is 1. The van der Waals surface area contributed by atoms with E-state index < -0.39 is 11.8 Å². The number of thiazole rings is 1. The minimum atomic E-state index is -1.18. The highest BCUT2D eigenvalue weighted by atomic mass is 35.5. The van der Waals surface area contributed by atoms with Gasteiger partial charge >= 0.3 is 5.97 Å². The van der Waals surface area contributed by atoms with Crippen molar-refractivity contribution in [3.05, 3.63) is 44.3 Å². The predicted octanol–water partition coefficient (Wildman–Crippen LogP) is 3.41. The van der Waals surface area contributed by atoms with Gasteiger partial charge in [-0.15, -0.1) is 11.3 Å². The van der Waals surface area contributed by atoms with Crippen LogP contribution in [0.15, 0.2) is 23.6 Å². The molecule has 0 atom stereocenters. The van der Waals surface area contributed by atoms with Crippen LogP contribution in [0.25, 0.3) is 0 Å².